The summed E-state index contributed by atoms with van der Waals surface area (Å²) in [6, 6.07) is 8.82. The van der Waals surface area contributed by atoms with Crippen LogP contribution in [0.5, 0.6) is 0 Å². The number of aromatic nitrogens is 2. The van der Waals surface area contributed by atoms with E-state index in [1.807, 2.05) is 6.20 Å². The lowest BCUT2D eigenvalue weighted by atomic mass is 10.0. The number of fused-ring (bicyclic) bond motifs is 3. The van der Waals surface area contributed by atoms with E-state index in [0.29, 0.717) is 11.8 Å². The van der Waals surface area contributed by atoms with E-state index in [4.69, 9.17) is 0 Å². The van der Waals surface area contributed by atoms with Gasteiger partial charge in [-0.1, -0.05) is 39.8 Å². The zero-order chi connectivity index (χ0) is 13.6. The van der Waals surface area contributed by atoms with Gasteiger partial charge in [-0.25, -0.2) is 0 Å². The fourth-order valence-electron chi connectivity index (χ4n) is 2.49. The second-order valence-corrected chi connectivity index (χ2v) is 5.90. The number of pyridine rings is 1. The van der Waals surface area contributed by atoms with Crippen LogP contribution in [0.1, 0.15) is 50.8 Å². The average Bonchev–Trinajstić information content (AvgIpc) is 2.82. The van der Waals surface area contributed by atoms with E-state index in [-0.39, 0.29) is 0 Å². The van der Waals surface area contributed by atoms with Gasteiger partial charge in [-0.15, -0.1) is 0 Å². The molecule has 0 unspecified atom stereocenters. The zero-order valence-corrected chi connectivity index (χ0v) is 12.0. The van der Waals surface area contributed by atoms with Gasteiger partial charge >= 0.3 is 0 Å². The largest absolute Gasteiger partial charge is 0.358 e. The molecule has 0 atom stereocenters. The van der Waals surface area contributed by atoms with E-state index in [1.165, 1.54) is 27.5 Å². The minimum absolute atomic E-state index is 0.511. The fraction of sp³-hybridized carbons (Fsp3) is 0.353. The maximum atomic E-state index is 4.61. The predicted molar refractivity (Wildman–Crippen MR) is 81.8 cm³/mol. The summed E-state index contributed by atoms with van der Waals surface area (Å²) < 4.78 is 0. The molecule has 0 aliphatic heterocycles. The van der Waals surface area contributed by atoms with Crippen LogP contribution in [0.25, 0.3) is 21.8 Å². The lowest BCUT2D eigenvalue weighted by Gasteiger charge is -2.07. The van der Waals surface area contributed by atoms with Crippen LogP contribution in [0.4, 0.5) is 0 Å². The van der Waals surface area contributed by atoms with Gasteiger partial charge < -0.3 is 4.98 Å². The summed E-state index contributed by atoms with van der Waals surface area (Å²) >= 11 is 0. The molecule has 0 aliphatic carbocycles. The van der Waals surface area contributed by atoms with Crippen molar-refractivity contribution in [3.8, 4) is 0 Å². The Kier molecular flexibility index (Phi) is 2.81. The Labute approximate surface area is 113 Å². The molecule has 2 nitrogen and oxygen atoms in total. The highest BCUT2D eigenvalue weighted by Crippen LogP contribution is 2.28. The number of nitrogens with zero attached hydrogens (tertiary/aromatic N) is 1. The third kappa shape index (κ3) is 2.01. The van der Waals surface area contributed by atoms with Crippen LogP contribution >= 0.6 is 0 Å². The first-order valence-electron chi connectivity index (χ1n) is 6.97. The van der Waals surface area contributed by atoms with Gasteiger partial charge in [0.15, 0.2) is 0 Å². The molecule has 0 fully saturated rings. The SMILES string of the molecule is CC(C)c1ccc2c(c1)ncc1cc(C(C)C)[nH]c12. The van der Waals surface area contributed by atoms with Crippen molar-refractivity contribution < 1.29 is 0 Å². The van der Waals surface area contributed by atoms with Crippen LogP contribution in [0.15, 0.2) is 30.5 Å². The minimum atomic E-state index is 0.511. The first kappa shape index (κ1) is 12.2. The van der Waals surface area contributed by atoms with Gasteiger partial charge in [0, 0.05) is 22.7 Å². The highest BCUT2D eigenvalue weighted by molar-refractivity contribution is 6.03. The summed E-state index contributed by atoms with van der Waals surface area (Å²) in [5.41, 5.74) is 4.91. The van der Waals surface area contributed by atoms with Gasteiger partial charge in [0.2, 0.25) is 0 Å². The minimum Gasteiger partial charge on any atom is -0.358 e. The molecule has 0 bridgehead atoms. The molecule has 0 saturated carbocycles. The number of hydrogen-bond donors (Lipinski definition) is 1. The van der Waals surface area contributed by atoms with E-state index >= 15 is 0 Å². The molecule has 2 heteroatoms. The topological polar surface area (TPSA) is 28.7 Å². The summed E-state index contributed by atoms with van der Waals surface area (Å²) in [6.07, 6.45) is 1.98. The molecule has 0 spiro atoms. The summed E-state index contributed by atoms with van der Waals surface area (Å²) in [7, 11) is 0. The van der Waals surface area contributed by atoms with Gasteiger partial charge in [0.25, 0.3) is 0 Å². The van der Waals surface area contributed by atoms with E-state index in [9.17, 15) is 0 Å². The van der Waals surface area contributed by atoms with Crippen molar-refractivity contribution in [1.29, 1.82) is 0 Å². The van der Waals surface area contributed by atoms with Crippen molar-refractivity contribution in [3.63, 3.8) is 0 Å². The van der Waals surface area contributed by atoms with Gasteiger partial charge in [0.05, 0.1) is 11.0 Å². The van der Waals surface area contributed by atoms with E-state index in [2.05, 4.69) is 61.9 Å². The molecule has 0 saturated heterocycles. The normalized spacial score (nSPS) is 12.1. The fourth-order valence-corrected chi connectivity index (χ4v) is 2.49. The van der Waals surface area contributed by atoms with Crippen LogP contribution in [0.2, 0.25) is 0 Å². The lowest BCUT2D eigenvalue weighted by molar-refractivity contribution is 0.837. The maximum Gasteiger partial charge on any atom is 0.0726 e. The van der Waals surface area contributed by atoms with Crippen molar-refractivity contribution in [1.82, 2.24) is 9.97 Å². The lowest BCUT2D eigenvalue weighted by Crippen LogP contribution is -1.89. The predicted octanol–water partition coefficient (Wildman–Crippen LogP) is 4.96. The number of aromatic amines is 1. The third-order valence-electron chi connectivity index (χ3n) is 3.79. The molecule has 3 aromatic rings. The van der Waals surface area contributed by atoms with Gasteiger partial charge in [-0.05, 0) is 29.5 Å². The summed E-state index contributed by atoms with van der Waals surface area (Å²) in [6.45, 7) is 8.84. The number of benzene rings is 1. The molecule has 0 aliphatic rings. The summed E-state index contributed by atoms with van der Waals surface area (Å²) in [5.74, 6) is 1.05. The first-order chi connectivity index (χ1) is 9.06. The van der Waals surface area contributed by atoms with Crippen LogP contribution < -0.4 is 0 Å². The maximum absolute atomic E-state index is 4.61. The molecule has 19 heavy (non-hydrogen) atoms. The number of nitrogens with one attached hydrogen (secondary N) is 1. The Balaban J connectivity index is 2.28. The Morgan fingerprint density at radius 3 is 2.47 bits per heavy atom. The van der Waals surface area contributed by atoms with Crippen LogP contribution in [-0.4, -0.2) is 9.97 Å². The van der Waals surface area contributed by atoms with Crippen molar-refractivity contribution in [3.05, 3.63) is 41.7 Å². The second-order valence-electron chi connectivity index (χ2n) is 5.90. The van der Waals surface area contributed by atoms with Gasteiger partial charge in [0.1, 0.15) is 0 Å². The van der Waals surface area contributed by atoms with E-state index < -0.39 is 0 Å². The van der Waals surface area contributed by atoms with Crippen molar-refractivity contribution in [2.75, 3.05) is 0 Å². The quantitative estimate of drug-likeness (QED) is 0.686. The summed E-state index contributed by atoms with van der Waals surface area (Å²) in [5, 5.41) is 2.42. The Morgan fingerprint density at radius 1 is 1.00 bits per heavy atom. The zero-order valence-electron chi connectivity index (χ0n) is 12.0. The Morgan fingerprint density at radius 2 is 1.79 bits per heavy atom. The first-order valence-corrected chi connectivity index (χ1v) is 6.97. The molecule has 2 heterocycles. The second kappa shape index (κ2) is 4.37. The average molecular weight is 252 g/mol. The molecular formula is C17H20N2. The Hall–Kier alpha value is -1.83. The van der Waals surface area contributed by atoms with Crippen LogP contribution in [0.3, 0.4) is 0 Å². The smallest absolute Gasteiger partial charge is 0.0726 e. The molecular weight excluding hydrogens is 232 g/mol. The highest BCUT2D eigenvalue weighted by Gasteiger charge is 2.09. The third-order valence-corrected chi connectivity index (χ3v) is 3.79. The molecule has 0 radical (unpaired) electrons. The highest BCUT2D eigenvalue weighted by atomic mass is 14.8. The van der Waals surface area contributed by atoms with Crippen LogP contribution in [-0.2, 0) is 0 Å². The van der Waals surface area contributed by atoms with Gasteiger partial charge in [-0.3, -0.25) is 4.98 Å². The van der Waals surface area contributed by atoms with Crippen molar-refractivity contribution in [2.45, 2.75) is 39.5 Å². The van der Waals surface area contributed by atoms with Crippen LogP contribution in [0, 0.1) is 0 Å². The number of hydrogen-bond acceptors (Lipinski definition) is 1. The molecule has 2 aromatic heterocycles. The Bertz CT molecular complexity index is 735. The van der Waals surface area contributed by atoms with E-state index in [1.54, 1.807) is 0 Å². The van der Waals surface area contributed by atoms with Crippen molar-refractivity contribution in [2.24, 2.45) is 0 Å². The summed E-state index contributed by atoms with van der Waals surface area (Å²) in [4.78, 5) is 8.15. The molecule has 0 amide bonds. The molecule has 98 valence electrons. The standard InChI is InChI=1S/C17H20N2/c1-10(2)12-5-6-14-16(7-12)18-9-13-8-15(11(3)4)19-17(13)14/h5-11,19H,1-4H3. The van der Waals surface area contributed by atoms with E-state index in [0.717, 1.165) is 5.52 Å². The van der Waals surface area contributed by atoms with Crippen molar-refractivity contribution >= 4 is 21.8 Å². The molecule has 3 rings (SSSR count). The molecule has 1 N–H and O–H groups in total. The molecule has 1 aromatic carbocycles. The number of rotatable bonds is 2. The monoisotopic (exact) mass is 252 g/mol. The van der Waals surface area contributed by atoms with Gasteiger partial charge in [-0.2, -0.15) is 0 Å². The number of H-pyrrole nitrogens is 1.